The molecule has 1 fully saturated rings. The molecule has 1 aromatic carbocycles. The van der Waals surface area contributed by atoms with E-state index in [4.69, 9.17) is 4.98 Å². The minimum Gasteiger partial charge on any atom is -0.368 e. The minimum atomic E-state index is -2.90. The minimum absolute atomic E-state index is 0.0651. The molecular formula is C33H46F2N6S. The van der Waals surface area contributed by atoms with Gasteiger partial charge in [0, 0.05) is 49.2 Å². The number of hydrogen-bond donors (Lipinski definition) is 2. The van der Waals surface area contributed by atoms with Gasteiger partial charge in [0.2, 0.25) is 0 Å². The Morgan fingerprint density at radius 2 is 1.79 bits per heavy atom. The quantitative estimate of drug-likeness (QED) is 0.346. The number of rotatable bonds is 1. The number of nitrogens with one attached hydrogen (secondary N) is 2. The maximum Gasteiger partial charge on any atom is 0.273 e. The summed E-state index contributed by atoms with van der Waals surface area (Å²) < 4.78 is 30.8. The van der Waals surface area contributed by atoms with E-state index >= 15 is 8.78 Å². The first-order valence-electron chi connectivity index (χ1n) is 15.4. The zero-order chi connectivity index (χ0) is 29.7. The van der Waals surface area contributed by atoms with Crippen LogP contribution in [0.1, 0.15) is 75.1 Å². The lowest BCUT2D eigenvalue weighted by Crippen LogP contribution is -2.39. The Hall–Kier alpha value is -2.78. The average molecular weight is 597 g/mol. The molecule has 6 bridgehead atoms. The Morgan fingerprint density at radius 1 is 1.02 bits per heavy atom. The normalized spacial score (nSPS) is 24.8. The van der Waals surface area contributed by atoms with E-state index in [0.29, 0.717) is 12.4 Å². The molecule has 2 atom stereocenters. The first kappa shape index (κ1) is 30.7. The molecule has 3 aliphatic rings. The molecule has 0 radical (unpaired) electrons. The number of hydrogen-bond acceptors (Lipinski definition) is 6. The van der Waals surface area contributed by atoms with Crippen molar-refractivity contribution < 1.29 is 8.78 Å². The highest BCUT2D eigenvalue weighted by Crippen LogP contribution is 2.40. The van der Waals surface area contributed by atoms with Gasteiger partial charge >= 0.3 is 0 Å². The molecule has 1 aromatic heterocycles. The first-order valence-corrected chi connectivity index (χ1v) is 17.2. The van der Waals surface area contributed by atoms with Gasteiger partial charge in [-0.3, -0.25) is 0 Å². The maximum absolute atomic E-state index is 15.4. The topological polar surface area (TPSA) is 56.3 Å². The number of benzene rings is 1. The van der Waals surface area contributed by atoms with Gasteiger partial charge in [-0.25, -0.2) is 18.7 Å². The van der Waals surface area contributed by atoms with Crippen LogP contribution < -0.4 is 15.5 Å². The molecule has 4 heterocycles. The Balaban J connectivity index is 1.49. The lowest BCUT2D eigenvalue weighted by molar-refractivity contribution is -0.0268. The van der Waals surface area contributed by atoms with Crippen molar-refractivity contribution in [1.29, 1.82) is 0 Å². The van der Waals surface area contributed by atoms with Crippen LogP contribution in [0.2, 0.25) is 0 Å². The molecule has 42 heavy (non-hydrogen) atoms. The van der Waals surface area contributed by atoms with E-state index in [1.54, 1.807) is 24.5 Å². The number of halogens is 2. The van der Waals surface area contributed by atoms with Crippen molar-refractivity contribution in [1.82, 2.24) is 20.2 Å². The predicted molar refractivity (Wildman–Crippen MR) is 175 cm³/mol. The molecule has 0 saturated carbocycles. The van der Waals surface area contributed by atoms with Crippen LogP contribution in [0.25, 0.3) is 6.08 Å². The van der Waals surface area contributed by atoms with Crippen molar-refractivity contribution in [3.8, 4) is 0 Å². The number of anilines is 2. The smallest absolute Gasteiger partial charge is 0.273 e. The van der Waals surface area contributed by atoms with Crippen LogP contribution in [-0.4, -0.2) is 65.0 Å². The van der Waals surface area contributed by atoms with Crippen LogP contribution >= 0.6 is 10.5 Å². The molecule has 2 unspecified atom stereocenters. The maximum atomic E-state index is 15.4. The van der Waals surface area contributed by atoms with E-state index in [9.17, 15) is 0 Å². The summed E-state index contributed by atoms with van der Waals surface area (Å²) in [5, 5.41) is 6.95. The highest BCUT2D eigenvalue weighted by Gasteiger charge is 2.34. The first-order chi connectivity index (χ1) is 20.2. The second-order valence-electron chi connectivity index (χ2n) is 12.1. The predicted octanol–water partition coefficient (Wildman–Crippen LogP) is 7.01. The van der Waals surface area contributed by atoms with Gasteiger partial charge in [-0.1, -0.05) is 56.8 Å². The molecule has 2 N–H and O–H groups in total. The van der Waals surface area contributed by atoms with Crippen LogP contribution in [0.5, 0.6) is 0 Å². The highest BCUT2D eigenvalue weighted by atomic mass is 32.2. The SMILES string of the molecule is C=C1C(N2CCS(=C)CC2)=Cc2c3ncnc2N1CCCCCCCNCC(C)CC(F)(F)c1cccc(c1)C(C)N3. The van der Waals surface area contributed by atoms with Gasteiger partial charge < -0.3 is 20.4 Å². The van der Waals surface area contributed by atoms with E-state index in [1.165, 1.54) is 0 Å². The molecule has 3 aliphatic heterocycles. The monoisotopic (exact) mass is 596 g/mol. The van der Waals surface area contributed by atoms with Gasteiger partial charge in [-0.05, 0) is 56.5 Å². The largest absolute Gasteiger partial charge is 0.368 e. The van der Waals surface area contributed by atoms with Crippen molar-refractivity contribution in [3.63, 3.8) is 0 Å². The Morgan fingerprint density at radius 3 is 2.60 bits per heavy atom. The molecule has 6 nitrogen and oxygen atoms in total. The third kappa shape index (κ3) is 7.22. The van der Waals surface area contributed by atoms with Crippen LogP contribution in [0.4, 0.5) is 20.4 Å². The number of fused-ring (bicyclic) bond motifs is 2. The van der Waals surface area contributed by atoms with Crippen molar-refractivity contribution >= 4 is 34.1 Å². The fourth-order valence-corrected chi connectivity index (χ4v) is 7.30. The third-order valence-corrected chi connectivity index (χ3v) is 10.2. The molecule has 0 spiro atoms. The van der Waals surface area contributed by atoms with Gasteiger partial charge in [-0.15, -0.1) is 0 Å². The summed E-state index contributed by atoms with van der Waals surface area (Å²) in [5.41, 5.74) is 3.90. The number of nitrogens with zero attached hydrogens (tertiary/aromatic N) is 4. The highest BCUT2D eigenvalue weighted by molar-refractivity contribution is 8.14. The van der Waals surface area contributed by atoms with Crippen LogP contribution in [0, 0.1) is 5.92 Å². The number of alkyl halides is 2. The molecule has 0 aliphatic carbocycles. The number of aromatic nitrogens is 2. The molecule has 228 valence electrons. The lowest BCUT2D eigenvalue weighted by Gasteiger charge is -2.40. The second kappa shape index (κ2) is 13.7. The molecule has 0 amide bonds. The van der Waals surface area contributed by atoms with E-state index in [1.807, 2.05) is 19.9 Å². The van der Waals surface area contributed by atoms with E-state index in [2.05, 4.69) is 43.9 Å². The summed E-state index contributed by atoms with van der Waals surface area (Å²) >= 11 is 0. The molecule has 2 aromatic rings. The van der Waals surface area contributed by atoms with E-state index < -0.39 is 5.92 Å². The van der Waals surface area contributed by atoms with Crippen LogP contribution in [0.3, 0.4) is 0 Å². The Labute approximate surface area is 252 Å². The van der Waals surface area contributed by atoms with Gasteiger partial charge in [0.15, 0.2) is 0 Å². The second-order valence-corrected chi connectivity index (χ2v) is 14.1. The summed E-state index contributed by atoms with van der Waals surface area (Å²) in [6, 6.07) is 6.61. The zero-order valence-corrected chi connectivity index (χ0v) is 26.0. The van der Waals surface area contributed by atoms with Crippen molar-refractivity contribution in [2.24, 2.45) is 5.92 Å². The fraction of sp³-hybridized carbons (Fsp3) is 0.545. The van der Waals surface area contributed by atoms with E-state index in [-0.39, 0.29) is 34.4 Å². The van der Waals surface area contributed by atoms with Gasteiger partial charge in [0.1, 0.15) is 18.0 Å². The third-order valence-electron chi connectivity index (χ3n) is 8.66. The fourth-order valence-electron chi connectivity index (χ4n) is 6.13. The van der Waals surface area contributed by atoms with Crippen molar-refractivity contribution in [2.75, 3.05) is 54.4 Å². The average Bonchev–Trinajstić information content (AvgIpc) is 2.97. The zero-order valence-electron chi connectivity index (χ0n) is 25.2. The van der Waals surface area contributed by atoms with Crippen molar-refractivity contribution in [3.05, 3.63) is 65.3 Å². The summed E-state index contributed by atoms with van der Waals surface area (Å²) in [5.74, 6) is 5.00. The Bertz CT molecular complexity index is 1300. The summed E-state index contributed by atoms with van der Waals surface area (Å²) in [7, 11) is 0.212. The molecule has 9 heteroatoms. The summed E-state index contributed by atoms with van der Waals surface area (Å²) in [6.07, 6.45) is 9.08. The molecular weight excluding hydrogens is 550 g/mol. The summed E-state index contributed by atoms with van der Waals surface area (Å²) in [6.45, 7) is 12.7. The van der Waals surface area contributed by atoms with Crippen molar-refractivity contribution in [2.45, 2.75) is 64.3 Å². The van der Waals surface area contributed by atoms with Gasteiger partial charge in [0.05, 0.1) is 17.0 Å². The van der Waals surface area contributed by atoms with Gasteiger partial charge in [-0.2, -0.15) is 10.5 Å². The van der Waals surface area contributed by atoms with Gasteiger partial charge in [0.25, 0.3) is 5.92 Å². The lowest BCUT2D eigenvalue weighted by atomic mass is 9.94. The van der Waals surface area contributed by atoms with Crippen LogP contribution in [-0.2, 0) is 5.92 Å². The van der Waals surface area contributed by atoms with E-state index in [0.717, 1.165) is 98.1 Å². The standard InChI is InChI=1S/C33H46F2N6S/c1-24-21-33(34,35)28-12-10-11-27(19-28)25(2)39-31-29-20-30(40-15-17-42(4)18-16-40)26(3)41(32(29)38-23-37-31)14-9-7-5-6-8-13-36-22-24/h10-12,19-20,23-25,36H,3-9,13-18,21-22H2,1-2H3,(H,37,38,39). The Kier molecular flexibility index (Phi) is 9.99. The van der Waals surface area contributed by atoms with Crippen LogP contribution in [0.15, 0.2) is 48.6 Å². The summed E-state index contributed by atoms with van der Waals surface area (Å²) in [4.78, 5) is 14.1. The molecule has 1 saturated heterocycles. The molecule has 5 rings (SSSR count).